The largest absolute Gasteiger partial charge is 0.400 e. The highest BCUT2D eigenvalue weighted by Crippen LogP contribution is 2.21. The molecule has 2 rings (SSSR count). The van der Waals surface area contributed by atoms with Crippen LogP contribution in [0.2, 0.25) is 0 Å². The summed E-state index contributed by atoms with van der Waals surface area (Å²) in [7, 11) is 1.00. The monoisotopic (exact) mass is 412 g/mol. The summed E-state index contributed by atoms with van der Waals surface area (Å²) in [4.78, 5) is 0. The molecule has 1 N–H and O–H groups in total. The van der Waals surface area contributed by atoms with E-state index in [4.69, 9.17) is 5.11 Å². The minimum absolute atomic E-state index is 1.00. The van der Waals surface area contributed by atoms with Crippen LogP contribution in [0.15, 0.2) is 42.5 Å². The van der Waals surface area contributed by atoms with E-state index in [0.29, 0.717) is 0 Å². The van der Waals surface area contributed by atoms with Crippen LogP contribution in [0.25, 0.3) is 10.8 Å². The minimum Gasteiger partial charge on any atom is -0.400 e. The van der Waals surface area contributed by atoms with E-state index in [1.54, 1.807) is 0 Å². The Kier molecular flexibility index (Phi) is 17.5. The molecule has 0 spiro atoms. The van der Waals surface area contributed by atoms with Gasteiger partial charge in [-0.15, -0.1) is 0 Å². The summed E-state index contributed by atoms with van der Waals surface area (Å²) < 4.78 is 0. The van der Waals surface area contributed by atoms with Crippen molar-refractivity contribution < 1.29 is 5.11 Å². The molecule has 1 nitrogen and oxygen atoms in total. The minimum atomic E-state index is 1.00. The lowest BCUT2D eigenvalue weighted by molar-refractivity contribution is 0.399. The Morgan fingerprint density at radius 3 is 1.47 bits per heavy atom. The molecule has 0 aliphatic heterocycles. The van der Waals surface area contributed by atoms with Gasteiger partial charge in [0.15, 0.2) is 0 Å². The lowest BCUT2D eigenvalue weighted by Gasteiger charge is -2.07. The van der Waals surface area contributed by atoms with Crippen molar-refractivity contribution in [3.63, 3.8) is 0 Å². The summed E-state index contributed by atoms with van der Waals surface area (Å²) >= 11 is 0. The summed E-state index contributed by atoms with van der Waals surface area (Å²) in [6.45, 7) is 2.30. The Bertz CT molecular complexity index is 613. The van der Waals surface area contributed by atoms with E-state index in [9.17, 15) is 0 Å². The number of aliphatic hydroxyl groups is 1. The Labute approximate surface area is 187 Å². The number of aliphatic hydroxyl groups excluding tert-OH is 1. The molecule has 0 atom stereocenters. The lowest BCUT2D eigenvalue weighted by atomic mass is 9.99. The Morgan fingerprint density at radius 1 is 0.500 bits per heavy atom. The van der Waals surface area contributed by atoms with Crippen LogP contribution in [0.1, 0.15) is 115 Å². The van der Waals surface area contributed by atoms with E-state index >= 15 is 0 Å². The third-order valence-corrected chi connectivity index (χ3v) is 6.18. The molecule has 0 amide bonds. The van der Waals surface area contributed by atoms with Gasteiger partial charge in [0.1, 0.15) is 0 Å². The molecule has 0 bridgehead atoms. The number of hydrogen-bond acceptors (Lipinski definition) is 1. The molecule has 0 aliphatic rings. The Balaban J connectivity index is 0.00000218. The van der Waals surface area contributed by atoms with Gasteiger partial charge in [0, 0.05) is 7.11 Å². The first-order valence-corrected chi connectivity index (χ1v) is 12.8. The highest BCUT2D eigenvalue weighted by molar-refractivity contribution is 5.85. The maximum Gasteiger partial charge on any atom is 0.0319 e. The standard InChI is InChI=1S/C28H44.CH4O/c1-2-3-4-5-6-7-8-9-10-11-12-13-14-15-16-17-21-26-23-20-24-27-22-18-19-25-28(26)27;1-2/h18-20,22-25H,2-17,21H2,1H3;2H,1H3. The van der Waals surface area contributed by atoms with E-state index in [1.807, 2.05) is 0 Å². The zero-order chi connectivity index (χ0) is 21.7. The smallest absolute Gasteiger partial charge is 0.0319 e. The fourth-order valence-electron chi connectivity index (χ4n) is 4.37. The maximum absolute atomic E-state index is 7.00. The van der Waals surface area contributed by atoms with Crippen LogP contribution in [-0.4, -0.2) is 12.2 Å². The maximum atomic E-state index is 7.00. The first-order valence-electron chi connectivity index (χ1n) is 12.8. The van der Waals surface area contributed by atoms with E-state index < -0.39 is 0 Å². The summed E-state index contributed by atoms with van der Waals surface area (Å²) in [5, 5.41) is 9.84. The van der Waals surface area contributed by atoms with E-state index in [2.05, 4.69) is 49.4 Å². The second kappa shape index (κ2) is 19.6. The molecular formula is C29H48O. The van der Waals surface area contributed by atoms with Crippen LogP contribution in [0.4, 0.5) is 0 Å². The van der Waals surface area contributed by atoms with E-state index in [1.165, 1.54) is 125 Å². The first-order chi connectivity index (χ1) is 14.9. The fourth-order valence-corrected chi connectivity index (χ4v) is 4.37. The quantitative estimate of drug-likeness (QED) is 0.257. The number of hydrogen-bond donors (Lipinski definition) is 1. The van der Waals surface area contributed by atoms with Gasteiger partial charge in [0.05, 0.1) is 0 Å². The van der Waals surface area contributed by atoms with Gasteiger partial charge in [-0.05, 0) is 29.2 Å². The van der Waals surface area contributed by atoms with Crippen molar-refractivity contribution >= 4 is 10.8 Å². The molecule has 0 saturated carbocycles. The summed E-state index contributed by atoms with van der Waals surface area (Å²) in [5.41, 5.74) is 1.53. The van der Waals surface area contributed by atoms with Crippen molar-refractivity contribution in [1.82, 2.24) is 0 Å². The fraction of sp³-hybridized carbons (Fsp3) is 0.655. The van der Waals surface area contributed by atoms with Crippen molar-refractivity contribution in [2.24, 2.45) is 0 Å². The highest BCUT2D eigenvalue weighted by atomic mass is 16.2. The normalized spacial score (nSPS) is 10.8. The molecule has 0 aromatic heterocycles. The van der Waals surface area contributed by atoms with E-state index in [-0.39, 0.29) is 0 Å². The molecule has 2 aromatic carbocycles. The van der Waals surface area contributed by atoms with Crippen LogP contribution >= 0.6 is 0 Å². The summed E-state index contributed by atoms with van der Waals surface area (Å²) in [5.74, 6) is 0. The molecule has 0 saturated heterocycles. The van der Waals surface area contributed by atoms with Gasteiger partial charge in [-0.3, -0.25) is 0 Å². The van der Waals surface area contributed by atoms with Crippen LogP contribution in [0, 0.1) is 0 Å². The van der Waals surface area contributed by atoms with Crippen molar-refractivity contribution in [2.75, 3.05) is 7.11 Å². The van der Waals surface area contributed by atoms with Gasteiger partial charge in [-0.1, -0.05) is 146 Å². The Hall–Kier alpha value is -1.34. The predicted molar refractivity (Wildman–Crippen MR) is 135 cm³/mol. The Morgan fingerprint density at radius 2 is 0.933 bits per heavy atom. The molecule has 170 valence electrons. The summed E-state index contributed by atoms with van der Waals surface area (Å²) in [6.07, 6.45) is 24.3. The summed E-state index contributed by atoms with van der Waals surface area (Å²) in [6, 6.07) is 15.6. The molecule has 0 radical (unpaired) electrons. The number of rotatable bonds is 17. The van der Waals surface area contributed by atoms with Gasteiger partial charge in [0.2, 0.25) is 0 Å². The highest BCUT2D eigenvalue weighted by Gasteiger charge is 2.00. The van der Waals surface area contributed by atoms with Gasteiger partial charge in [0.25, 0.3) is 0 Å². The number of aryl methyl sites for hydroxylation is 1. The second-order valence-corrected chi connectivity index (χ2v) is 8.69. The topological polar surface area (TPSA) is 20.2 Å². The lowest BCUT2D eigenvalue weighted by Crippen LogP contribution is -1.88. The zero-order valence-corrected chi connectivity index (χ0v) is 20.0. The van der Waals surface area contributed by atoms with Gasteiger partial charge in [-0.25, -0.2) is 0 Å². The average Bonchev–Trinajstić information content (AvgIpc) is 2.80. The number of unbranched alkanes of at least 4 members (excludes halogenated alkanes) is 15. The molecule has 0 heterocycles. The van der Waals surface area contributed by atoms with Gasteiger partial charge < -0.3 is 5.11 Å². The number of fused-ring (bicyclic) bond motifs is 1. The van der Waals surface area contributed by atoms with Crippen molar-refractivity contribution in [3.8, 4) is 0 Å². The third kappa shape index (κ3) is 12.4. The second-order valence-electron chi connectivity index (χ2n) is 8.69. The third-order valence-electron chi connectivity index (χ3n) is 6.18. The first kappa shape index (κ1) is 26.7. The average molecular weight is 413 g/mol. The van der Waals surface area contributed by atoms with Crippen LogP contribution in [-0.2, 0) is 6.42 Å². The SMILES string of the molecule is CCCCCCCCCCCCCCCCCCc1cccc2ccccc12.CO. The van der Waals surface area contributed by atoms with Crippen LogP contribution < -0.4 is 0 Å². The van der Waals surface area contributed by atoms with Crippen molar-refractivity contribution in [2.45, 2.75) is 116 Å². The molecule has 30 heavy (non-hydrogen) atoms. The number of benzene rings is 2. The van der Waals surface area contributed by atoms with Gasteiger partial charge in [-0.2, -0.15) is 0 Å². The van der Waals surface area contributed by atoms with E-state index in [0.717, 1.165) is 7.11 Å². The van der Waals surface area contributed by atoms with Crippen LogP contribution in [0.5, 0.6) is 0 Å². The van der Waals surface area contributed by atoms with Crippen molar-refractivity contribution in [1.29, 1.82) is 0 Å². The zero-order valence-electron chi connectivity index (χ0n) is 20.0. The predicted octanol–water partition coefficient (Wildman–Crippen LogP) is 9.25. The van der Waals surface area contributed by atoms with Crippen molar-refractivity contribution in [3.05, 3.63) is 48.0 Å². The molecule has 0 unspecified atom stereocenters. The van der Waals surface area contributed by atoms with Crippen LogP contribution in [0.3, 0.4) is 0 Å². The molecule has 1 heteroatoms. The molecule has 2 aromatic rings. The molecule has 0 aliphatic carbocycles. The molecular weight excluding hydrogens is 364 g/mol. The molecule has 0 fully saturated rings. The van der Waals surface area contributed by atoms with Gasteiger partial charge >= 0.3 is 0 Å².